The van der Waals surface area contributed by atoms with Crippen LogP contribution in [-0.4, -0.2) is 42.4 Å². The lowest BCUT2D eigenvalue weighted by atomic mass is 10.1. The van der Waals surface area contributed by atoms with E-state index in [-0.39, 0.29) is 12.1 Å². The standard InChI is InChI=1S/C18H33NO3/c1-5-6-7-8-9-10-14-21-15-16-12-11-13-19(16)17(20)22-18(2,3)4/h5,16H,1,6-15H2,2-4H3/t16-/m0/s1. The van der Waals surface area contributed by atoms with Gasteiger partial charge in [-0.1, -0.05) is 18.9 Å². The first-order valence-corrected chi connectivity index (χ1v) is 8.62. The van der Waals surface area contributed by atoms with Crippen molar-refractivity contribution in [3.8, 4) is 0 Å². The van der Waals surface area contributed by atoms with E-state index in [0.717, 1.165) is 38.8 Å². The molecule has 1 fully saturated rings. The van der Waals surface area contributed by atoms with Gasteiger partial charge in [-0.15, -0.1) is 6.58 Å². The summed E-state index contributed by atoms with van der Waals surface area (Å²) in [5, 5.41) is 0. The first-order valence-electron chi connectivity index (χ1n) is 8.62. The summed E-state index contributed by atoms with van der Waals surface area (Å²) in [7, 11) is 0. The number of ether oxygens (including phenoxy) is 2. The van der Waals surface area contributed by atoms with Crippen molar-refractivity contribution in [2.45, 2.75) is 77.4 Å². The number of amides is 1. The van der Waals surface area contributed by atoms with Crippen LogP contribution in [0.5, 0.6) is 0 Å². The number of allylic oxidation sites excluding steroid dienone is 1. The molecule has 1 heterocycles. The van der Waals surface area contributed by atoms with Gasteiger partial charge in [-0.3, -0.25) is 0 Å². The molecule has 1 aliphatic rings. The number of carbonyl (C=O) groups excluding carboxylic acids is 1. The largest absolute Gasteiger partial charge is 0.444 e. The maximum absolute atomic E-state index is 12.1. The predicted octanol–water partition coefficient (Wildman–Crippen LogP) is 4.54. The number of carbonyl (C=O) groups is 1. The van der Waals surface area contributed by atoms with Gasteiger partial charge in [0.25, 0.3) is 0 Å². The summed E-state index contributed by atoms with van der Waals surface area (Å²) in [5.74, 6) is 0. The SMILES string of the molecule is C=CCCCCCCOC[C@@H]1CCCN1C(=O)OC(C)(C)C. The normalized spacial score (nSPS) is 18.5. The zero-order valence-electron chi connectivity index (χ0n) is 14.6. The molecule has 0 N–H and O–H groups in total. The number of rotatable bonds is 9. The lowest BCUT2D eigenvalue weighted by molar-refractivity contribution is 0.0103. The van der Waals surface area contributed by atoms with Gasteiger partial charge in [0.1, 0.15) is 5.60 Å². The van der Waals surface area contributed by atoms with E-state index in [0.29, 0.717) is 6.61 Å². The molecule has 0 radical (unpaired) electrons. The fourth-order valence-corrected chi connectivity index (χ4v) is 2.64. The predicted molar refractivity (Wildman–Crippen MR) is 90.1 cm³/mol. The minimum absolute atomic E-state index is 0.176. The van der Waals surface area contributed by atoms with Crippen molar-refractivity contribution < 1.29 is 14.3 Å². The van der Waals surface area contributed by atoms with Crippen molar-refractivity contribution in [2.75, 3.05) is 19.8 Å². The van der Waals surface area contributed by atoms with E-state index in [2.05, 4.69) is 6.58 Å². The van der Waals surface area contributed by atoms with E-state index in [1.165, 1.54) is 19.3 Å². The quantitative estimate of drug-likeness (QED) is 0.463. The number of nitrogens with zero attached hydrogens (tertiary/aromatic N) is 1. The van der Waals surface area contributed by atoms with Crippen LogP contribution in [0.3, 0.4) is 0 Å². The number of hydrogen-bond donors (Lipinski definition) is 0. The Bertz CT molecular complexity index is 336. The first kappa shape index (κ1) is 19.0. The van der Waals surface area contributed by atoms with Gasteiger partial charge in [0.15, 0.2) is 0 Å². The third-order valence-corrected chi connectivity index (χ3v) is 3.76. The molecule has 0 unspecified atom stereocenters. The average Bonchev–Trinajstić information content (AvgIpc) is 2.88. The van der Waals surface area contributed by atoms with E-state index in [4.69, 9.17) is 9.47 Å². The Morgan fingerprint density at radius 1 is 1.27 bits per heavy atom. The van der Waals surface area contributed by atoms with Crippen LogP contribution in [0.4, 0.5) is 4.79 Å². The molecule has 0 aromatic heterocycles. The van der Waals surface area contributed by atoms with Crippen LogP contribution >= 0.6 is 0 Å². The molecule has 0 spiro atoms. The Morgan fingerprint density at radius 3 is 2.68 bits per heavy atom. The summed E-state index contributed by atoms with van der Waals surface area (Å²) in [4.78, 5) is 14.0. The molecule has 0 aliphatic carbocycles. The summed E-state index contributed by atoms with van der Waals surface area (Å²) in [5.41, 5.74) is -0.434. The molecule has 4 nitrogen and oxygen atoms in total. The molecule has 4 heteroatoms. The molecule has 1 aliphatic heterocycles. The smallest absolute Gasteiger partial charge is 0.410 e. The average molecular weight is 311 g/mol. The van der Waals surface area contributed by atoms with Crippen molar-refractivity contribution >= 4 is 6.09 Å². The molecule has 1 rings (SSSR count). The molecule has 22 heavy (non-hydrogen) atoms. The van der Waals surface area contributed by atoms with Crippen molar-refractivity contribution in [3.05, 3.63) is 12.7 Å². The van der Waals surface area contributed by atoms with Crippen LogP contribution < -0.4 is 0 Å². The topological polar surface area (TPSA) is 38.8 Å². The summed E-state index contributed by atoms with van der Waals surface area (Å²) >= 11 is 0. The molecule has 1 saturated heterocycles. The fraction of sp³-hybridized carbons (Fsp3) is 0.833. The van der Waals surface area contributed by atoms with Gasteiger partial charge < -0.3 is 14.4 Å². The first-order chi connectivity index (χ1) is 10.4. The highest BCUT2D eigenvalue weighted by Gasteiger charge is 2.32. The van der Waals surface area contributed by atoms with Crippen molar-refractivity contribution in [3.63, 3.8) is 0 Å². The fourth-order valence-electron chi connectivity index (χ4n) is 2.64. The highest BCUT2D eigenvalue weighted by atomic mass is 16.6. The molecule has 0 aromatic carbocycles. The Hall–Kier alpha value is -1.03. The Kier molecular flexibility index (Phi) is 8.54. The minimum Gasteiger partial charge on any atom is -0.444 e. The third kappa shape index (κ3) is 7.83. The van der Waals surface area contributed by atoms with Gasteiger partial charge in [-0.25, -0.2) is 4.79 Å². The van der Waals surface area contributed by atoms with E-state index < -0.39 is 5.60 Å². The molecular formula is C18H33NO3. The third-order valence-electron chi connectivity index (χ3n) is 3.76. The Balaban J connectivity index is 2.16. The molecule has 128 valence electrons. The number of hydrogen-bond acceptors (Lipinski definition) is 3. The van der Waals surface area contributed by atoms with Crippen molar-refractivity contribution in [1.29, 1.82) is 0 Å². The van der Waals surface area contributed by atoms with E-state index in [1.54, 1.807) is 0 Å². The summed E-state index contributed by atoms with van der Waals surface area (Å²) < 4.78 is 11.2. The highest BCUT2D eigenvalue weighted by Crippen LogP contribution is 2.21. The molecule has 0 bridgehead atoms. The van der Waals surface area contributed by atoms with Gasteiger partial charge in [-0.05, 0) is 52.9 Å². The van der Waals surface area contributed by atoms with Gasteiger partial charge in [-0.2, -0.15) is 0 Å². The lowest BCUT2D eigenvalue weighted by Gasteiger charge is -2.28. The van der Waals surface area contributed by atoms with Crippen LogP contribution in [-0.2, 0) is 9.47 Å². The van der Waals surface area contributed by atoms with E-state index in [1.807, 2.05) is 31.7 Å². The zero-order chi connectivity index (χ0) is 16.4. The molecule has 0 aromatic rings. The second-order valence-electron chi connectivity index (χ2n) is 7.04. The van der Waals surface area contributed by atoms with Crippen LogP contribution in [0.15, 0.2) is 12.7 Å². The lowest BCUT2D eigenvalue weighted by Crippen LogP contribution is -2.41. The van der Waals surface area contributed by atoms with E-state index >= 15 is 0 Å². The van der Waals surface area contributed by atoms with Gasteiger partial charge in [0.2, 0.25) is 0 Å². The molecular weight excluding hydrogens is 278 g/mol. The van der Waals surface area contributed by atoms with Crippen LogP contribution in [0.25, 0.3) is 0 Å². The van der Waals surface area contributed by atoms with Gasteiger partial charge >= 0.3 is 6.09 Å². The highest BCUT2D eigenvalue weighted by molar-refractivity contribution is 5.68. The van der Waals surface area contributed by atoms with Crippen LogP contribution in [0, 0.1) is 0 Å². The summed E-state index contributed by atoms with van der Waals surface area (Å²) in [6.07, 6.45) is 9.68. The molecule has 1 amide bonds. The second kappa shape index (κ2) is 9.88. The summed E-state index contributed by atoms with van der Waals surface area (Å²) in [6, 6.07) is 0.176. The zero-order valence-corrected chi connectivity index (χ0v) is 14.6. The van der Waals surface area contributed by atoms with Crippen LogP contribution in [0.2, 0.25) is 0 Å². The van der Waals surface area contributed by atoms with Gasteiger partial charge in [0.05, 0.1) is 12.6 Å². The molecule has 0 saturated carbocycles. The second-order valence-corrected chi connectivity index (χ2v) is 7.04. The molecule has 1 atom stereocenters. The van der Waals surface area contributed by atoms with Crippen LogP contribution in [0.1, 0.15) is 65.7 Å². The summed E-state index contributed by atoms with van der Waals surface area (Å²) in [6.45, 7) is 11.6. The minimum atomic E-state index is -0.434. The van der Waals surface area contributed by atoms with Crippen molar-refractivity contribution in [1.82, 2.24) is 4.90 Å². The Morgan fingerprint density at radius 2 is 2.00 bits per heavy atom. The monoisotopic (exact) mass is 311 g/mol. The Labute approximate surface area is 135 Å². The number of likely N-dealkylation sites (tertiary alicyclic amines) is 1. The maximum Gasteiger partial charge on any atom is 0.410 e. The van der Waals surface area contributed by atoms with Crippen molar-refractivity contribution in [2.24, 2.45) is 0 Å². The van der Waals surface area contributed by atoms with E-state index in [9.17, 15) is 4.79 Å². The maximum atomic E-state index is 12.1. The van der Waals surface area contributed by atoms with Gasteiger partial charge in [0, 0.05) is 13.2 Å². The number of unbranched alkanes of at least 4 members (excludes halogenated alkanes) is 4.